The Hall–Kier alpha value is -1.68. The van der Waals surface area contributed by atoms with E-state index >= 15 is 0 Å². The molecule has 3 aromatic rings. The van der Waals surface area contributed by atoms with E-state index in [0.29, 0.717) is 5.92 Å². The van der Waals surface area contributed by atoms with Gasteiger partial charge in [0.25, 0.3) is 0 Å². The molecule has 0 amide bonds. The Bertz CT molecular complexity index is 855. The van der Waals surface area contributed by atoms with Gasteiger partial charge in [0.05, 0.1) is 22.7 Å². The van der Waals surface area contributed by atoms with Gasteiger partial charge in [-0.05, 0) is 29.6 Å². The second-order valence-corrected chi connectivity index (χ2v) is 7.08. The Balaban J connectivity index is 2.29. The van der Waals surface area contributed by atoms with Crippen molar-refractivity contribution in [1.29, 1.82) is 0 Å². The van der Waals surface area contributed by atoms with Crippen molar-refractivity contribution in [3.05, 3.63) is 35.2 Å². The molecule has 0 saturated carbocycles. The fourth-order valence-corrected chi connectivity index (χ4v) is 2.80. The standard InChI is InChI=1S/C17H21N3S/c1-11(2)17(3,4)10-20-15-12-7-5-6-8-13(12)18-9-14(15)19-16(20)21/h5-9,11H,10H2,1-4H3,(H,19,21). The molecule has 0 bridgehead atoms. The van der Waals surface area contributed by atoms with Crippen LogP contribution in [0.3, 0.4) is 0 Å². The Morgan fingerprint density at radius 3 is 2.71 bits per heavy atom. The van der Waals surface area contributed by atoms with E-state index in [1.165, 1.54) is 5.52 Å². The summed E-state index contributed by atoms with van der Waals surface area (Å²) in [5, 5.41) is 1.15. The lowest BCUT2D eigenvalue weighted by molar-refractivity contribution is 0.212. The van der Waals surface area contributed by atoms with E-state index in [1.54, 1.807) is 0 Å². The van der Waals surface area contributed by atoms with Crippen LogP contribution >= 0.6 is 12.2 Å². The molecular weight excluding hydrogens is 278 g/mol. The Morgan fingerprint density at radius 1 is 1.29 bits per heavy atom. The minimum absolute atomic E-state index is 0.178. The summed E-state index contributed by atoms with van der Waals surface area (Å²) in [4.78, 5) is 7.80. The van der Waals surface area contributed by atoms with Crippen molar-refractivity contribution in [3.63, 3.8) is 0 Å². The van der Waals surface area contributed by atoms with Crippen LogP contribution in [0.25, 0.3) is 21.9 Å². The normalized spacial score (nSPS) is 12.6. The van der Waals surface area contributed by atoms with Crippen LogP contribution in [-0.4, -0.2) is 14.5 Å². The van der Waals surface area contributed by atoms with E-state index < -0.39 is 0 Å². The SMILES string of the molecule is CC(C)C(C)(C)Cn1c(=S)[nH]c2cnc3ccccc3c21. The molecule has 0 aliphatic heterocycles. The first-order chi connectivity index (χ1) is 9.90. The first-order valence-corrected chi connectivity index (χ1v) is 7.77. The van der Waals surface area contributed by atoms with Gasteiger partial charge in [-0.1, -0.05) is 45.9 Å². The number of H-pyrrole nitrogens is 1. The summed E-state index contributed by atoms with van der Waals surface area (Å²) >= 11 is 5.55. The smallest absolute Gasteiger partial charge is 0.178 e. The number of hydrogen-bond donors (Lipinski definition) is 1. The minimum Gasteiger partial charge on any atom is -0.329 e. The molecule has 2 aromatic heterocycles. The zero-order valence-electron chi connectivity index (χ0n) is 13.0. The van der Waals surface area contributed by atoms with Crippen LogP contribution in [0.5, 0.6) is 0 Å². The molecule has 0 radical (unpaired) electrons. The molecule has 4 heteroatoms. The van der Waals surface area contributed by atoms with Crippen molar-refractivity contribution in [2.75, 3.05) is 0 Å². The van der Waals surface area contributed by atoms with Crippen molar-refractivity contribution in [1.82, 2.24) is 14.5 Å². The number of aromatic amines is 1. The van der Waals surface area contributed by atoms with Crippen molar-refractivity contribution in [2.45, 2.75) is 34.2 Å². The molecule has 1 aromatic carbocycles. The lowest BCUT2D eigenvalue weighted by Gasteiger charge is -2.30. The van der Waals surface area contributed by atoms with E-state index in [0.717, 1.165) is 27.7 Å². The predicted molar refractivity (Wildman–Crippen MR) is 91.0 cm³/mol. The summed E-state index contributed by atoms with van der Waals surface area (Å²) in [6.45, 7) is 10.0. The quantitative estimate of drug-likeness (QED) is 0.696. The number of aromatic nitrogens is 3. The Kier molecular flexibility index (Phi) is 3.36. The highest BCUT2D eigenvalue weighted by atomic mass is 32.1. The van der Waals surface area contributed by atoms with E-state index in [-0.39, 0.29) is 5.41 Å². The highest BCUT2D eigenvalue weighted by molar-refractivity contribution is 7.71. The van der Waals surface area contributed by atoms with Gasteiger partial charge in [-0.15, -0.1) is 0 Å². The fourth-order valence-electron chi connectivity index (χ4n) is 2.53. The van der Waals surface area contributed by atoms with Gasteiger partial charge < -0.3 is 9.55 Å². The maximum Gasteiger partial charge on any atom is 0.178 e. The van der Waals surface area contributed by atoms with Crippen molar-refractivity contribution in [3.8, 4) is 0 Å². The molecule has 21 heavy (non-hydrogen) atoms. The number of rotatable bonds is 3. The molecule has 0 unspecified atom stereocenters. The number of fused-ring (bicyclic) bond motifs is 3. The highest BCUT2D eigenvalue weighted by Crippen LogP contribution is 2.31. The molecular formula is C17H21N3S. The molecule has 0 aliphatic carbocycles. The molecule has 0 aliphatic rings. The zero-order chi connectivity index (χ0) is 15.2. The van der Waals surface area contributed by atoms with Crippen LogP contribution < -0.4 is 0 Å². The van der Waals surface area contributed by atoms with Crippen LogP contribution in [0.1, 0.15) is 27.7 Å². The van der Waals surface area contributed by atoms with Crippen LogP contribution in [0, 0.1) is 16.1 Å². The maximum atomic E-state index is 5.55. The molecule has 110 valence electrons. The van der Waals surface area contributed by atoms with Gasteiger partial charge in [-0.3, -0.25) is 4.98 Å². The summed E-state index contributed by atoms with van der Waals surface area (Å²) in [7, 11) is 0. The molecule has 0 atom stereocenters. The van der Waals surface area contributed by atoms with Gasteiger partial charge in [0.15, 0.2) is 4.77 Å². The number of nitrogens with zero attached hydrogens (tertiary/aromatic N) is 2. The second-order valence-electron chi connectivity index (χ2n) is 6.70. The highest BCUT2D eigenvalue weighted by Gasteiger charge is 2.24. The third kappa shape index (κ3) is 2.38. The number of benzene rings is 1. The van der Waals surface area contributed by atoms with Gasteiger partial charge in [0, 0.05) is 11.9 Å². The molecule has 0 saturated heterocycles. The van der Waals surface area contributed by atoms with Crippen molar-refractivity contribution >= 4 is 34.2 Å². The lowest BCUT2D eigenvalue weighted by atomic mass is 9.81. The summed E-state index contributed by atoms with van der Waals surface area (Å²) in [6.07, 6.45) is 1.88. The minimum atomic E-state index is 0.178. The molecule has 0 fully saturated rings. The van der Waals surface area contributed by atoms with Crippen LogP contribution in [-0.2, 0) is 6.54 Å². The fraction of sp³-hybridized carbons (Fsp3) is 0.412. The van der Waals surface area contributed by atoms with Crippen LogP contribution in [0.15, 0.2) is 30.5 Å². The summed E-state index contributed by atoms with van der Waals surface area (Å²) in [5.74, 6) is 0.581. The van der Waals surface area contributed by atoms with E-state index in [2.05, 4.69) is 54.4 Å². The number of pyridine rings is 1. The molecule has 0 spiro atoms. The average Bonchev–Trinajstić information content (AvgIpc) is 2.75. The molecule has 2 heterocycles. The van der Waals surface area contributed by atoms with Crippen molar-refractivity contribution in [2.24, 2.45) is 11.3 Å². The van der Waals surface area contributed by atoms with Crippen molar-refractivity contribution < 1.29 is 0 Å². The Morgan fingerprint density at radius 2 is 2.00 bits per heavy atom. The second kappa shape index (κ2) is 4.95. The third-order valence-corrected chi connectivity index (χ3v) is 4.95. The van der Waals surface area contributed by atoms with Gasteiger partial charge in [0.1, 0.15) is 0 Å². The monoisotopic (exact) mass is 299 g/mol. The number of para-hydroxylation sites is 1. The number of hydrogen-bond acceptors (Lipinski definition) is 2. The largest absolute Gasteiger partial charge is 0.329 e. The third-order valence-electron chi connectivity index (χ3n) is 4.63. The maximum absolute atomic E-state index is 5.55. The van der Waals surface area contributed by atoms with Gasteiger partial charge in [0.2, 0.25) is 0 Å². The molecule has 3 nitrogen and oxygen atoms in total. The first kappa shape index (κ1) is 14.3. The zero-order valence-corrected chi connectivity index (χ0v) is 13.8. The Labute approximate surface area is 130 Å². The van der Waals surface area contributed by atoms with E-state index in [4.69, 9.17) is 12.2 Å². The summed E-state index contributed by atoms with van der Waals surface area (Å²) in [6, 6.07) is 8.23. The van der Waals surface area contributed by atoms with Crippen LogP contribution in [0.2, 0.25) is 0 Å². The van der Waals surface area contributed by atoms with Crippen LogP contribution in [0.4, 0.5) is 0 Å². The number of imidazole rings is 1. The summed E-state index contributed by atoms with van der Waals surface area (Å²) < 4.78 is 3.01. The lowest BCUT2D eigenvalue weighted by Crippen LogP contribution is -2.25. The number of nitrogens with one attached hydrogen (secondary N) is 1. The van der Waals surface area contributed by atoms with Gasteiger partial charge in [-0.25, -0.2) is 0 Å². The van der Waals surface area contributed by atoms with Gasteiger partial charge in [-0.2, -0.15) is 0 Å². The predicted octanol–water partition coefficient (Wildman–Crippen LogP) is 4.93. The van der Waals surface area contributed by atoms with E-state index in [9.17, 15) is 0 Å². The van der Waals surface area contributed by atoms with E-state index in [1.807, 2.05) is 18.3 Å². The summed E-state index contributed by atoms with van der Waals surface area (Å²) in [5.41, 5.74) is 3.37. The molecule has 1 N–H and O–H groups in total. The topological polar surface area (TPSA) is 33.6 Å². The van der Waals surface area contributed by atoms with Gasteiger partial charge >= 0.3 is 0 Å². The first-order valence-electron chi connectivity index (χ1n) is 7.36. The molecule has 3 rings (SSSR count). The average molecular weight is 299 g/mol.